The van der Waals surface area contributed by atoms with Crippen LogP contribution in [0.2, 0.25) is 0 Å². The molecule has 0 saturated carbocycles. The SMILES string of the molecule is c1ccc(N(c2ccc(-c3nc4c5ccccc5c5ccccc5c4s3)cc2)c2cccc3c2c2ccccc2n3-c2ccccc2)cc1. The topological polar surface area (TPSA) is 21.1 Å². The van der Waals surface area contributed by atoms with Gasteiger partial charge in [0.25, 0.3) is 0 Å². The maximum Gasteiger partial charge on any atom is 0.124 e. The lowest BCUT2D eigenvalue weighted by Gasteiger charge is -2.26. The largest absolute Gasteiger partial charge is 0.310 e. The number of hydrogen-bond donors (Lipinski definition) is 0. The Morgan fingerprint density at radius 1 is 0.449 bits per heavy atom. The minimum atomic E-state index is 1.03. The third-order valence-corrected chi connectivity index (χ3v) is 10.7. The van der Waals surface area contributed by atoms with Gasteiger partial charge in [-0.3, -0.25) is 0 Å². The molecule has 0 unspecified atom stereocenters. The quantitative estimate of drug-likeness (QED) is 0.174. The molecule has 49 heavy (non-hydrogen) atoms. The first-order chi connectivity index (χ1) is 24.3. The Hall–Kier alpha value is -6.23. The van der Waals surface area contributed by atoms with E-state index in [1.165, 1.54) is 48.1 Å². The first-order valence-corrected chi connectivity index (χ1v) is 17.4. The van der Waals surface area contributed by atoms with Gasteiger partial charge in [0.1, 0.15) is 5.01 Å². The van der Waals surface area contributed by atoms with Crippen LogP contribution in [0.15, 0.2) is 176 Å². The van der Waals surface area contributed by atoms with Crippen molar-refractivity contribution in [3.8, 4) is 16.3 Å². The molecule has 8 aromatic carbocycles. The van der Waals surface area contributed by atoms with Crippen molar-refractivity contribution in [2.45, 2.75) is 0 Å². The second-order valence-electron chi connectivity index (χ2n) is 12.4. The molecule has 0 spiro atoms. The van der Waals surface area contributed by atoms with Gasteiger partial charge in [-0.1, -0.05) is 109 Å². The van der Waals surface area contributed by atoms with Crippen molar-refractivity contribution in [3.63, 3.8) is 0 Å². The molecule has 0 aliphatic carbocycles. The number of benzene rings is 8. The van der Waals surface area contributed by atoms with Crippen molar-refractivity contribution >= 4 is 82.0 Å². The van der Waals surface area contributed by atoms with Gasteiger partial charge in [0.2, 0.25) is 0 Å². The summed E-state index contributed by atoms with van der Waals surface area (Å²) in [6.07, 6.45) is 0. The van der Waals surface area contributed by atoms with Crippen LogP contribution in [0.5, 0.6) is 0 Å². The highest BCUT2D eigenvalue weighted by Gasteiger charge is 2.21. The Labute approximate surface area is 287 Å². The van der Waals surface area contributed by atoms with Crippen molar-refractivity contribution in [3.05, 3.63) is 176 Å². The van der Waals surface area contributed by atoms with E-state index in [-0.39, 0.29) is 0 Å². The number of nitrogens with zero attached hydrogens (tertiary/aromatic N) is 3. The van der Waals surface area contributed by atoms with E-state index in [0.29, 0.717) is 0 Å². The number of para-hydroxylation sites is 3. The Balaban J connectivity index is 1.15. The molecule has 0 atom stereocenters. The second kappa shape index (κ2) is 11.2. The molecule has 230 valence electrons. The smallest absolute Gasteiger partial charge is 0.124 e. The fourth-order valence-electron chi connectivity index (χ4n) is 7.45. The lowest BCUT2D eigenvalue weighted by Crippen LogP contribution is -2.10. The number of thiazole rings is 1. The van der Waals surface area contributed by atoms with Crippen molar-refractivity contribution in [2.75, 3.05) is 4.90 Å². The molecule has 0 fully saturated rings. The van der Waals surface area contributed by atoms with E-state index in [0.717, 1.165) is 38.8 Å². The molecule has 0 bridgehead atoms. The molecule has 0 saturated heterocycles. The molecule has 0 aliphatic rings. The summed E-state index contributed by atoms with van der Waals surface area (Å²) in [5.41, 5.74) is 9.05. The summed E-state index contributed by atoms with van der Waals surface area (Å²) in [7, 11) is 0. The molecule has 0 amide bonds. The maximum atomic E-state index is 5.26. The van der Waals surface area contributed by atoms with E-state index in [1.807, 2.05) is 0 Å². The zero-order chi connectivity index (χ0) is 32.3. The highest BCUT2D eigenvalue weighted by Crippen LogP contribution is 2.45. The number of anilines is 3. The van der Waals surface area contributed by atoms with Gasteiger partial charge < -0.3 is 9.47 Å². The van der Waals surface area contributed by atoms with Gasteiger partial charge in [-0.2, -0.15) is 0 Å². The minimum absolute atomic E-state index is 1.03. The average molecular weight is 644 g/mol. The van der Waals surface area contributed by atoms with E-state index >= 15 is 0 Å². The lowest BCUT2D eigenvalue weighted by molar-refractivity contribution is 1.18. The van der Waals surface area contributed by atoms with Crippen molar-refractivity contribution in [2.24, 2.45) is 0 Å². The fourth-order valence-corrected chi connectivity index (χ4v) is 8.57. The molecule has 0 radical (unpaired) electrons. The molecule has 10 rings (SSSR count). The zero-order valence-electron chi connectivity index (χ0n) is 26.5. The first-order valence-electron chi connectivity index (χ1n) is 16.6. The molecule has 2 heterocycles. The first kappa shape index (κ1) is 27.8. The molecule has 4 heteroatoms. The van der Waals surface area contributed by atoms with Gasteiger partial charge >= 0.3 is 0 Å². The third kappa shape index (κ3) is 4.38. The Morgan fingerprint density at radius 3 is 1.78 bits per heavy atom. The highest BCUT2D eigenvalue weighted by atomic mass is 32.1. The summed E-state index contributed by atoms with van der Waals surface area (Å²) in [4.78, 5) is 7.64. The zero-order valence-corrected chi connectivity index (χ0v) is 27.3. The Bertz CT molecular complexity index is 2740. The van der Waals surface area contributed by atoms with Crippen LogP contribution < -0.4 is 4.90 Å². The van der Waals surface area contributed by atoms with Gasteiger partial charge in [0, 0.05) is 44.2 Å². The van der Waals surface area contributed by atoms with E-state index < -0.39 is 0 Å². The molecular formula is C45H29N3S. The molecule has 3 nitrogen and oxygen atoms in total. The maximum absolute atomic E-state index is 5.26. The van der Waals surface area contributed by atoms with Crippen LogP contribution in [0.3, 0.4) is 0 Å². The van der Waals surface area contributed by atoms with E-state index in [4.69, 9.17) is 4.98 Å². The van der Waals surface area contributed by atoms with E-state index in [1.54, 1.807) is 11.3 Å². The average Bonchev–Trinajstić information content (AvgIpc) is 3.77. The summed E-state index contributed by atoms with van der Waals surface area (Å²) < 4.78 is 3.61. The van der Waals surface area contributed by atoms with Crippen LogP contribution in [0.4, 0.5) is 17.1 Å². The summed E-state index contributed by atoms with van der Waals surface area (Å²) in [6, 6.07) is 63.0. The molecule has 0 aliphatic heterocycles. The predicted molar refractivity (Wildman–Crippen MR) is 209 cm³/mol. The monoisotopic (exact) mass is 643 g/mol. The normalized spacial score (nSPS) is 11.7. The molecular weight excluding hydrogens is 615 g/mol. The van der Waals surface area contributed by atoms with Gasteiger partial charge in [0.15, 0.2) is 0 Å². The summed E-state index contributed by atoms with van der Waals surface area (Å²) in [5, 5.41) is 8.46. The van der Waals surface area contributed by atoms with Crippen LogP contribution in [-0.2, 0) is 0 Å². The predicted octanol–water partition coefficient (Wildman–Crippen LogP) is 12.8. The summed E-state index contributed by atoms with van der Waals surface area (Å²) in [5.74, 6) is 0. The summed E-state index contributed by atoms with van der Waals surface area (Å²) >= 11 is 1.78. The van der Waals surface area contributed by atoms with Crippen molar-refractivity contribution in [1.82, 2.24) is 9.55 Å². The van der Waals surface area contributed by atoms with Crippen LogP contribution in [0, 0.1) is 0 Å². The number of rotatable bonds is 5. The van der Waals surface area contributed by atoms with Crippen LogP contribution in [0.1, 0.15) is 0 Å². The van der Waals surface area contributed by atoms with Gasteiger partial charge in [-0.25, -0.2) is 4.98 Å². The Morgan fingerprint density at radius 2 is 1.02 bits per heavy atom. The van der Waals surface area contributed by atoms with Gasteiger partial charge in [-0.15, -0.1) is 11.3 Å². The molecule has 0 N–H and O–H groups in total. The Kier molecular flexibility index (Phi) is 6.36. The number of aromatic nitrogens is 2. The number of fused-ring (bicyclic) bond motifs is 9. The van der Waals surface area contributed by atoms with E-state index in [9.17, 15) is 0 Å². The van der Waals surface area contributed by atoms with Crippen LogP contribution in [0.25, 0.3) is 69.8 Å². The second-order valence-corrected chi connectivity index (χ2v) is 13.4. The molecule has 2 aromatic heterocycles. The van der Waals surface area contributed by atoms with E-state index in [2.05, 4.69) is 185 Å². The third-order valence-electron chi connectivity index (χ3n) is 9.59. The standard InChI is InChI=1S/C45H29N3S/c1-3-14-31(15-4-1)47(40-24-13-25-41-42(40)38-22-11-12-23-39(38)48(41)32-16-5-2-6-17-32)33-28-26-30(27-29-33)45-46-43-36-20-9-7-18-34(36)35-19-8-10-21-37(35)44(43)49-45/h1-29H. The van der Waals surface area contributed by atoms with Crippen LogP contribution >= 0.6 is 11.3 Å². The van der Waals surface area contributed by atoms with Gasteiger partial charge in [0.05, 0.1) is 26.9 Å². The minimum Gasteiger partial charge on any atom is -0.310 e. The number of hydrogen-bond acceptors (Lipinski definition) is 3. The van der Waals surface area contributed by atoms with Crippen LogP contribution in [-0.4, -0.2) is 9.55 Å². The lowest BCUT2D eigenvalue weighted by atomic mass is 10.0. The summed E-state index contributed by atoms with van der Waals surface area (Å²) in [6.45, 7) is 0. The van der Waals surface area contributed by atoms with Crippen molar-refractivity contribution < 1.29 is 0 Å². The fraction of sp³-hybridized carbons (Fsp3) is 0. The molecule has 10 aromatic rings. The van der Waals surface area contributed by atoms with Crippen molar-refractivity contribution in [1.29, 1.82) is 0 Å². The highest BCUT2D eigenvalue weighted by molar-refractivity contribution is 7.22. The van der Waals surface area contributed by atoms with Gasteiger partial charge in [-0.05, 0) is 77.5 Å².